The fourth-order valence-electron chi connectivity index (χ4n) is 1.25. The van der Waals surface area contributed by atoms with Gasteiger partial charge in [-0.05, 0) is 13.3 Å². The average Bonchev–Trinajstić information content (AvgIpc) is 2.23. The lowest BCUT2D eigenvalue weighted by Gasteiger charge is -2.26. The first kappa shape index (κ1) is 15.4. The minimum absolute atomic E-state index is 0.185. The molecule has 0 rings (SSSR count). The number of carboxylic acids is 1. The van der Waals surface area contributed by atoms with Crippen LogP contribution in [0.25, 0.3) is 0 Å². The number of carbonyl (C=O) groups excluding carboxylic acids is 1. The number of rotatable bonds is 7. The Bertz CT molecular complexity index is 279. The van der Waals surface area contributed by atoms with Gasteiger partial charge in [0.1, 0.15) is 6.54 Å². The largest absolute Gasteiger partial charge is 0.480 e. The summed E-state index contributed by atoms with van der Waals surface area (Å²) >= 11 is 0. The van der Waals surface area contributed by atoms with Crippen molar-refractivity contribution in [2.45, 2.75) is 19.4 Å². The van der Waals surface area contributed by atoms with E-state index in [1.165, 1.54) is 15.9 Å². The molecule has 0 saturated carbocycles. The molecule has 0 heterocycles. The van der Waals surface area contributed by atoms with Gasteiger partial charge in [0.15, 0.2) is 0 Å². The van der Waals surface area contributed by atoms with Crippen molar-refractivity contribution in [1.82, 2.24) is 9.80 Å². The molecule has 6 heteroatoms. The fraction of sp³-hybridized carbons (Fsp3) is 0.636. The molecule has 0 radical (unpaired) electrons. The Morgan fingerprint density at radius 2 is 2.06 bits per heavy atom. The predicted molar refractivity (Wildman–Crippen MR) is 63.7 cm³/mol. The lowest BCUT2D eigenvalue weighted by molar-refractivity contribution is -0.137. The normalized spacial score (nSPS) is 11.7. The molecule has 17 heavy (non-hydrogen) atoms. The van der Waals surface area contributed by atoms with Gasteiger partial charge < -0.3 is 20.0 Å². The summed E-state index contributed by atoms with van der Waals surface area (Å²) in [6.07, 6.45) is 1.44. The van der Waals surface area contributed by atoms with Crippen LogP contribution in [0, 0.1) is 0 Å². The van der Waals surface area contributed by atoms with E-state index in [0.29, 0.717) is 13.0 Å². The highest BCUT2D eigenvalue weighted by molar-refractivity contribution is 5.80. The van der Waals surface area contributed by atoms with E-state index in [-0.39, 0.29) is 19.1 Å². The van der Waals surface area contributed by atoms with Gasteiger partial charge >= 0.3 is 12.0 Å². The maximum atomic E-state index is 11.8. The summed E-state index contributed by atoms with van der Waals surface area (Å²) in [7, 11) is 1.57. The summed E-state index contributed by atoms with van der Waals surface area (Å²) in [5.74, 6) is -1.07. The Hall–Kier alpha value is -1.56. The quantitative estimate of drug-likeness (QED) is 0.634. The average molecular weight is 244 g/mol. The highest BCUT2D eigenvalue weighted by atomic mass is 16.4. The number of hydrogen-bond donors (Lipinski definition) is 2. The second kappa shape index (κ2) is 7.67. The fourth-order valence-corrected chi connectivity index (χ4v) is 1.25. The molecule has 0 fully saturated rings. The van der Waals surface area contributed by atoms with Gasteiger partial charge in [0.2, 0.25) is 0 Å². The lowest BCUT2D eigenvalue weighted by atomic mass is 10.3. The van der Waals surface area contributed by atoms with E-state index >= 15 is 0 Å². The summed E-state index contributed by atoms with van der Waals surface area (Å²) < 4.78 is 0. The van der Waals surface area contributed by atoms with Crippen molar-refractivity contribution < 1.29 is 19.8 Å². The van der Waals surface area contributed by atoms with E-state index in [4.69, 9.17) is 10.2 Å². The van der Waals surface area contributed by atoms with Crippen molar-refractivity contribution in [2.24, 2.45) is 0 Å². The molecule has 2 amide bonds. The number of urea groups is 1. The molecule has 98 valence electrons. The second-order valence-electron chi connectivity index (χ2n) is 3.90. The smallest absolute Gasteiger partial charge is 0.323 e. The van der Waals surface area contributed by atoms with E-state index in [1.54, 1.807) is 14.0 Å². The van der Waals surface area contributed by atoms with Gasteiger partial charge in [0.05, 0.1) is 6.10 Å². The van der Waals surface area contributed by atoms with E-state index in [2.05, 4.69) is 6.58 Å². The van der Waals surface area contributed by atoms with Gasteiger partial charge in [-0.25, -0.2) is 4.79 Å². The first-order valence-corrected chi connectivity index (χ1v) is 5.39. The minimum atomic E-state index is -1.07. The standard InChI is InChI=1S/C11H20N2O4/c1-4-6-13(8-10(15)16)11(17)12(3)7-5-9(2)14/h4,9,14H,1,5-8H2,2-3H3,(H,15,16). The van der Waals surface area contributed by atoms with Crippen LogP contribution in [0.4, 0.5) is 4.79 Å². The SMILES string of the molecule is C=CCN(CC(=O)O)C(=O)N(C)CCC(C)O. The third-order valence-electron chi connectivity index (χ3n) is 2.15. The van der Waals surface area contributed by atoms with Crippen molar-refractivity contribution in [3.63, 3.8) is 0 Å². The molecule has 0 bridgehead atoms. The second-order valence-corrected chi connectivity index (χ2v) is 3.90. The van der Waals surface area contributed by atoms with Gasteiger partial charge in [-0.15, -0.1) is 6.58 Å². The van der Waals surface area contributed by atoms with Gasteiger partial charge in [-0.1, -0.05) is 6.08 Å². The third kappa shape index (κ3) is 6.57. The monoisotopic (exact) mass is 244 g/mol. The molecule has 1 unspecified atom stereocenters. The Labute approximate surface area is 101 Å². The number of carbonyl (C=O) groups is 2. The highest BCUT2D eigenvalue weighted by Crippen LogP contribution is 2.00. The predicted octanol–water partition coefficient (Wildman–Crippen LogP) is 0.382. The van der Waals surface area contributed by atoms with Crippen molar-refractivity contribution in [1.29, 1.82) is 0 Å². The number of aliphatic hydroxyl groups excluding tert-OH is 1. The van der Waals surface area contributed by atoms with E-state index in [1.807, 2.05) is 0 Å². The van der Waals surface area contributed by atoms with Gasteiger partial charge in [-0.2, -0.15) is 0 Å². The Balaban J connectivity index is 4.37. The van der Waals surface area contributed by atoms with Crippen LogP contribution in [-0.2, 0) is 4.79 Å². The zero-order valence-corrected chi connectivity index (χ0v) is 10.3. The number of hydrogen-bond acceptors (Lipinski definition) is 3. The lowest BCUT2D eigenvalue weighted by Crippen LogP contribution is -2.44. The molecular weight excluding hydrogens is 224 g/mol. The zero-order valence-electron chi connectivity index (χ0n) is 10.3. The summed E-state index contributed by atoms with van der Waals surface area (Å²) in [6.45, 7) is 5.32. The van der Waals surface area contributed by atoms with Crippen molar-refractivity contribution in [3.05, 3.63) is 12.7 Å². The molecule has 0 aromatic carbocycles. The third-order valence-corrected chi connectivity index (χ3v) is 2.15. The van der Waals surface area contributed by atoms with Crippen molar-refractivity contribution in [3.8, 4) is 0 Å². The summed E-state index contributed by atoms with van der Waals surface area (Å²) in [6, 6.07) is -0.382. The molecule has 0 aliphatic rings. The van der Waals surface area contributed by atoms with Crippen LogP contribution in [0.5, 0.6) is 0 Å². The highest BCUT2D eigenvalue weighted by Gasteiger charge is 2.19. The molecule has 6 nitrogen and oxygen atoms in total. The van der Waals surface area contributed by atoms with E-state index in [9.17, 15) is 9.59 Å². The van der Waals surface area contributed by atoms with Crippen LogP contribution in [0.15, 0.2) is 12.7 Å². The molecule has 2 N–H and O–H groups in total. The first-order valence-electron chi connectivity index (χ1n) is 5.39. The van der Waals surface area contributed by atoms with Crippen LogP contribution in [-0.4, -0.2) is 64.8 Å². The Morgan fingerprint density at radius 1 is 1.47 bits per heavy atom. The Kier molecular flexibility index (Phi) is 6.97. The first-order chi connectivity index (χ1) is 7.88. The zero-order chi connectivity index (χ0) is 13.4. The van der Waals surface area contributed by atoms with E-state index in [0.717, 1.165) is 0 Å². The summed E-state index contributed by atoms with van der Waals surface area (Å²) in [5.41, 5.74) is 0. The van der Waals surface area contributed by atoms with Gasteiger partial charge in [0.25, 0.3) is 0 Å². The van der Waals surface area contributed by atoms with E-state index < -0.39 is 12.1 Å². The molecular formula is C11H20N2O4. The van der Waals surface area contributed by atoms with Crippen LogP contribution in [0.2, 0.25) is 0 Å². The molecule has 0 spiro atoms. The number of nitrogens with zero attached hydrogens (tertiary/aromatic N) is 2. The maximum absolute atomic E-state index is 11.8. The van der Waals surface area contributed by atoms with Crippen LogP contribution in [0.1, 0.15) is 13.3 Å². The summed E-state index contributed by atoms with van der Waals surface area (Å²) in [5, 5.41) is 17.8. The molecule has 0 aromatic heterocycles. The number of aliphatic carboxylic acids is 1. The van der Waals surface area contributed by atoms with Crippen molar-refractivity contribution in [2.75, 3.05) is 26.7 Å². The number of carboxylic acid groups (broad SMARTS) is 1. The van der Waals surface area contributed by atoms with Crippen LogP contribution >= 0.6 is 0 Å². The minimum Gasteiger partial charge on any atom is -0.480 e. The topological polar surface area (TPSA) is 81.1 Å². The van der Waals surface area contributed by atoms with Crippen LogP contribution in [0.3, 0.4) is 0 Å². The maximum Gasteiger partial charge on any atom is 0.323 e. The van der Waals surface area contributed by atoms with Crippen molar-refractivity contribution >= 4 is 12.0 Å². The molecule has 0 aromatic rings. The molecule has 0 aliphatic carbocycles. The number of amides is 2. The molecule has 0 saturated heterocycles. The number of aliphatic hydroxyl groups is 1. The van der Waals surface area contributed by atoms with Gasteiger partial charge in [-0.3, -0.25) is 4.79 Å². The molecule has 0 aliphatic heterocycles. The van der Waals surface area contributed by atoms with Gasteiger partial charge in [0, 0.05) is 20.1 Å². The molecule has 1 atom stereocenters. The summed E-state index contributed by atoms with van der Waals surface area (Å²) in [4.78, 5) is 25.0. The Morgan fingerprint density at radius 3 is 2.47 bits per heavy atom. The van der Waals surface area contributed by atoms with Crippen LogP contribution < -0.4 is 0 Å².